The molecule has 0 aromatic rings. The smallest absolute Gasteiger partial charge is 0.409 e. The van der Waals surface area contributed by atoms with E-state index in [1.165, 1.54) is 0 Å². The van der Waals surface area contributed by atoms with Crippen LogP contribution in [0.5, 0.6) is 0 Å². The molecule has 1 saturated heterocycles. The van der Waals surface area contributed by atoms with Crippen molar-refractivity contribution in [3.05, 3.63) is 0 Å². The highest BCUT2D eigenvalue weighted by atomic mass is 16.6. The van der Waals surface area contributed by atoms with Gasteiger partial charge in [-0.3, -0.25) is 0 Å². The maximum Gasteiger partial charge on any atom is 0.409 e. The van der Waals surface area contributed by atoms with Crippen LogP contribution in [-0.2, 0) is 9.53 Å². The normalized spacial score (nSPS) is 21.1. The van der Waals surface area contributed by atoms with Gasteiger partial charge in [-0.2, -0.15) is 0 Å². The molecule has 4 heteroatoms. The minimum Gasteiger partial charge on any atom is -0.450 e. The minimum absolute atomic E-state index is 0.197. The summed E-state index contributed by atoms with van der Waals surface area (Å²) in [4.78, 5) is 23.7. The third kappa shape index (κ3) is 3.53. The van der Waals surface area contributed by atoms with E-state index in [1.54, 1.807) is 4.90 Å². The molecule has 1 amide bonds. The van der Waals surface area contributed by atoms with Crippen molar-refractivity contribution < 1.29 is 14.3 Å². The van der Waals surface area contributed by atoms with E-state index in [0.717, 1.165) is 38.5 Å². The number of ether oxygens (including phenoxy) is 1. The lowest BCUT2D eigenvalue weighted by Gasteiger charge is -2.34. The summed E-state index contributed by atoms with van der Waals surface area (Å²) in [6.07, 6.45) is 5.15. The third-order valence-electron chi connectivity index (χ3n) is 2.75. The van der Waals surface area contributed by atoms with Gasteiger partial charge < -0.3 is 14.4 Å². The highest BCUT2D eigenvalue weighted by Crippen LogP contribution is 2.21. The zero-order valence-electron chi connectivity index (χ0n) is 9.28. The Balaban J connectivity index is 2.48. The Morgan fingerprint density at radius 3 is 3.00 bits per heavy atom. The number of rotatable bonds is 4. The lowest BCUT2D eigenvalue weighted by molar-refractivity contribution is -0.108. The van der Waals surface area contributed by atoms with E-state index in [9.17, 15) is 9.59 Å². The Bertz CT molecular complexity index is 218. The summed E-state index contributed by atoms with van der Waals surface area (Å²) in [5, 5.41) is 0. The highest BCUT2D eigenvalue weighted by molar-refractivity contribution is 5.68. The van der Waals surface area contributed by atoms with Gasteiger partial charge in [-0.15, -0.1) is 0 Å². The summed E-state index contributed by atoms with van der Waals surface area (Å²) in [5.41, 5.74) is 0. The first-order valence-electron chi connectivity index (χ1n) is 5.66. The molecular weight excluding hydrogens is 194 g/mol. The molecule has 0 saturated carbocycles. The molecule has 15 heavy (non-hydrogen) atoms. The molecule has 1 aliphatic heterocycles. The molecule has 1 rings (SSSR count). The van der Waals surface area contributed by atoms with Crippen molar-refractivity contribution in [3.8, 4) is 0 Å². The zero-order chi connectivity index (χ0) is 11.1. The molecule has 1 unspecified atom stereocenters. The first-order chi connectivity index (χ1) is 7.29. The summed E-state index contributed by atoms with van der Waals surface area (Å²) in [6, 6.07) is 0.197. The van der Waals surface area contributed by atoms with Crippen LogP contribution in [0.4, 0.5) is 4.79 Å². The van der Waals surface area contributed by atoms with Crippen molar-refractivity contribution in [1.29, 1.82) is 0 Å². The lowest BCUT2D eigenvalue weighted by atomic mass is 9.99. The van der Waals surface area contributed by atoms with E-state index in [-0.39, 0.29) is 12.1 Å². The van der Waals surface area contributed by atoms with Crippen molar-refractivity contribution in [3.63, 3.8) is 0 Å². The van der Waals surface area contributed by atoms with Gasteiger partial charge in [-0.05, 0) is 32.6 Å². The average molecular weight is 213 g/mol. The Labute approximate surface area is 90.6 Å². The van der Waals surface area contributed by atoms with E-state index >= 15 is 0 Å². The maximum atomic E-state index is 11.6. The summed E-state index contributed by atoms with van der Waals surface area (Å²) in [6.45, 7) is 2.99. The average Bonchev–Trinajstić information content (AvgIpc) is 2.27. The highest BCUT2D eigenvalue weighted by Gasteiger charge is 2.26. The first-order valence-corrected chi connectivity index (χ1v) is 5.66. The number of piperidine rings is 1. The fourth-order valence-electron chi connectivity index (χ4n) is 2.01. The van der Waals surface area contributed by atoms with Crippen molar-refractivity contribution in [1.82, 2.24) is 4.90 Å². The maximum absolute atomic E-state index is 11.6. The van der Waals surface area contributed by atoms with E-state index < -0.39 is 0 Å². The fourth-order valence-corrected chi connectivity index (χ4v) is 2.01. The number of hydrogen-bond acceptors (Lipinski definition) is 3. The van der Waals surface area contributed by atoms with Gasteiger partial charge in [0.2, 0.25) is 0 Å². The van der Waals surface area contributed by atoms with Crippen LogP contribution in [0.3, 0.4) is 0 Å². The van der Waals surface area contributed by atoms with E-state index in [4.69, 9.17) is 4.74 Å². The molecule has 0 radical (unpaired) electrons. The molecule has 0 N–H and O–H groups in total. The summed E-state index contributed by atoms with van der Waals surface area (Å²) >= 11 is 0. The van der Waals surface area contributed by atoms with Gasteiger partial charge in [0.05, 0.1) is 6.61 Å². The Kier molecular flexibility index (Phi) is 5.15. The Hall–Kier alpha value is -1.06. The van der Waals surface area contributed by atoms with E-state index in [1.807, 2.05) is 6.92 Å². The van der Waals surface area contributed by atoms with Crippen LogP contribution in [0.2, 0.25) is 0 Å². The molecule has 1 fully saturated rings. The van der Waals surface area contributed by atoms with Crippen molar-refractivity contribution >= 4 is 12.4 Å². The molecule has 0 aromatic carbocycles. The van der Waals surface area contributed by atoms with Crippen LogP contribution in [0.1, 0.15) is 39.0 Å². The number of hydrogen-bond donors (Lipinski definition) is 0. The fraction of sp³-hybridized carbons (Fsp3) is 0.818. The van der Waals surface area contributed by atoms with Gasteiger partial charge in [0.1, 0.15) is 6.29 Å². The van der Waals surface area contributed by atoms with Crippen molar-refractivity contribution in [2.75, 3.05) is 13.2 Å². The monoisotopic (exact) mass is 213 g/mol. The summed E-state index contributed by atoms with van der Waals surface area (Å²) in [5.74, 6) is 0. The number of aldehydes is 1. The second-order valence-electron chi connectivity index (χ2n) is 3.79. The molecule has 1 heterocycles. The molecule has 1 atom stereocenters. The van der Waals surface area contributed by atoms with Crippen LogP contribution in [-0.4, -0.2) is 36.5 Å². The number of carbonyl (C=O) groups is 2. The largest absolute Gasteiger partial charge is 0.450 e. The Morgan fingerprint density at radius 2 is 2.33 bits per heavy atom. The minimum atomic E-state index is -0.229. The summed E-state index contributed by atoms with van der Waals surface area (Å²) < 4.78 is 4.99. The van der Waals surface area contributed by atoms with Gasteiger partial charge >= 0.3 is 6.09 Å². The predicted molar refractivity (Wildman–Crippen MR) is 56.7 cm³/mol. The van der Waals surface area contributed by atoms with Crippen LogP contribution >= 0.6 is 0 Å². The van der Waals surface area contributed by atoms with Crippen molar-refractivity contribution in [2.24, 2.45) is 0 Å². The SMILES string of the molecule is CCOC(=O)N1CCCCC1CCC=O. The zero-order valence-corrected chi connectivity index (χ0v) is 9.28. The number of carbonyl (C=O) groups excluding carboxylic acids is 2. The molecule has 0 aromatic heterocycles. The van der Waals surface area contributed by atoms with Gasteiger partial charge in [0.15, 0.2) is 0 Å². The summed E-state index contributed by atoms with van der Waals surface area (Å²) in [7, 11) is 0. The molecule has 1 aliphatic rings. The first kappa shape index (κ1) is 12.0. The van der Waals surface area contributed by atoms with Gasteiger partial charge in [0, 0.05) is 19.0 Å². The standard InChI is InChI=1S/C11H19NO3/c1-2-15-11(14)12-8-4-3-6-10(12)7-5-9-13/h9-10H,2-8H2,1H3. The second-order valence-corrected chi connectivity index (χ2v) is 3.79. The van der Waals surface area contributed by atoms with Gasteiger partial charge in [-0.25, -0.2) is 4.79 Å². The number of amides is 1. The molecule has 0 spiro atoms. The molecule has 0 aliphatic carbocycles. The predicted octanol–water partition coefficient (Wildman–Crippen LogP) is 1.98. The molecule has 0 bridgehead atoms. The van der Waals surface area contributed by atoms with Crippen molar-refractivity contribution in [2.45, 2.75) is 45.1 Å². The van der Waals surface area contributed by atoms with Gasteiger partial charge in [-0.1, -0.05) is 0 Å². The van der Waals surface area contributed by atoms with Crippen LogP contribution in [0, 0.1) is 0 Å². The lowest BCUT2D eigenvalue weighted by Crippen LogP contribution is -2.44. The van der Waals surface area contributed by atoms with Crippen LogP contribution in [0.25, 0.3) is 0 Å². The topological polar surface area (TPSA) is 46.6 Å². The molecule has 4 nitrogen and oxygen atoms in total. The van der Waals surface area contributed by atoms with Gasteiger partial charge in [0.25, 0.3) is 0 Å². The number of nitrogens with zero attached hydrogens (tertiary/aromatic N) is 1. The van der Waals surface area contributed by atoms with Crippen LogP contribution < -0.4 is 0 Å². The second kappa shape index (κ2) is 6.43. The van der Waals surface area contributed by atoms with E-state index in [2.05, 4.69) is 0 Å². The quantitative estimate of drug-likeness (QED) is 0.671. The molecular formula is C11H19NO3. The molecule has 86 valence electrons. The van der Waals surface area contributed by atoms with Crippen LogP contribution in [0.15, 0.2) is 0 Å². The Morgan fingerprint density at radius 1 is 1.53 bits per heavy atom. The third-order valence-corrected chi connectivity index (χ3v) is 2.75. The number of likely N-dealkylation sites (tertiary alicyclic amines) is 1. The van der Waals surface area contributed by atoms with E-state index in [0.29, 0.717) is 13.0 Å².